The predicted octanol–water partition coefficient (Wildman–Crippen LogP) is 13.8. The topological polar surface area (TPSA) is 96.9 Å². The summed E-state index contributed by atoms with van der Waals surface area (Å²) in [6, 6.07) is 67.6. The van der Waals surface area contributed by atoms with Gasteiger partial charge in [0.05, 0.1) is 71.1 Å². The van der Waals surface area contributed by atoms with Crippen LogP contribution in [0, 0.1) is 0 Å². The summed E-state index contributed by atoms with van der Waals surface area (Å²) in [5.74, 6) is -1.15. The van der Waals surface area contributed by atoms with Crippen LogP contribution in [0.2, 0.25) is 0 Å². The van der Waals surface area contributed by atoms with E-state index in [4.69, 9.17) is 14.2 Å². The molecule has 0 bridgehead atoms. The van der Waals surface area contributed by atoms with E-state index in [1.54, 1.807) is 36.4 Å². The van der Waals surface area contributed by atoms with Crippen molar-refractivity contribution in [1.82, 2.24) is 13.7 Å². The molecule has 0 saturated heterocycles. The minimum atomic E-state index is -0.382. The first-order valence-electron chi connectivity index (χ1n) is 22.8. The molecule has 0 amide bonds. The lowest BCUT2D eigenvalue weighted by Crippen LogP contribution is -2.10. The lowest BCUT2D eigenvalue weighted by atomic mass is 10.1. The molecule has 3 aromatic heterocycles. The summed E-state index contributed by atoms with van der Waals surface area (Å²) in [4.78, 5) is 39.5. The van der Waals surface area contributed by atoms with E-state index >= 15 is 0 Å². The highest BCUT2D eigenvalue weighted by atomic mass is 16.5. The number of para-hydroxylation sites is 3. The fourth-order valence-electron chi connectivity index (χ4n) is 10.2. The van der Waals surface area contributed by atoms with Crippen LogP contribution in [0.5, 0.6) is 0 Å². The Balaban J connectivity index is 1.08. The summed E-state index contributed by atoms with van der Waals surface area (Å²) in [7, 11) is 4.17. The van der Waals surface area contributed by atoms with Crippen LogP contribution in [0.15, 0.2) is 200 Å². The van der Waals surface area contributed by atoms with Gasteiger partial charge in [0, 0.05) is 66.4 Å². The SMILES string of the molecule is COC(=O)c1ccc(-n2c3ccccc3c3cc(N(c4ccc5c(c4)c4ccccc4n5-c4ccc(C(=O)OC)cc4)c4ccc5c(c4)c4ccccc4n5-c4ccc(C(=O)OC)cc4)ccc32)cc1. The fraction of sp³-hybridized carbons (Fsp3) is 0.0500. The maximum atomic E-state index is 12.4. The third-order valence-electron chi connectivity index (χ3n) is 13.4. The molecule has 0 fully saturated rings. The molecule has 10 heteroatoms. The number of hydrogen-bond donors (Lipinski definition) is 0. The van der Waals surface area contributed by atoms with Crippen molar-refractivity contribution in [1.29, 1.82) is 0 Å². The second-order valence-corrected chi connectivity index (χ2v) is 17.1. The number of benzene rings is 9. The Bertz CT molecular complexity index is 3650. The van der Waals surface area contributed by atoms with Crippen molar-refractivity contribution in [2.24, 2.45) is 0 Å². The van der Waals surface area contributed by atoms with Gasteiger partial charge in [0.15, 0.2) is 0 Å². The zero-order valence-electron chi connectivity index (χ0n) is 38.3. The highest BCUT2D eigenvalue weighted by Crippen LogP contribution is 2.44. The standard InChI is InChI=1S/C60H42N4O6/c1-68-58(65)37-16-22-40(23-17-37)62-52-13-7-4-10-46(52)49-34-43(28-31-55(49)62)61(44-29-32-56-50(35-44)47-11-5-8-14-53(47)63(56)41-24-18-38(19-25-41)59(66)69-2)45-30-33-57-51(36-45)48-12-6-9-15-54(48)64(57)42-26-20-39(21-27-42)60(67)70-3/h4-36H,1-3H3. The molecule has 10 nitrogen and oxygen atoms in total. The number of nitrogens with zero attached hydrogens (tertiary/aromatic N) is 4. The molecular formula is C60H42N4O6. The van der Waals surface area contributed by atoms with Crippen molar-refractivity contribution in [3.8, 4) is 17.1 Å². The zero-order chi connectivity index (χ0) is 47.6. The monoisotopic (exact) mass is 914 g/mol. The van der Waals surface area contributed by atoms with Gasteiger partial charge in [0.2, 0.25) is 0 Å². The molecule has 0 aliphatic heterocycles. The van der Waals surface area contributed by atoms with Gasteiger partial charge in [-0.2, -0.15) is 0 Å². The van der Waals surface area contributed by atoms with Crippen molar-refractivity contribution in [3.63, 3.8) is 0 Å². The highest BCUT2D eigenvalue weighted by Gasteiger charge is 2.22. The lowest BCUT2D eigenvalue weighted by Gasteiger charge is -2.26. The fourth-order valence-corrected chi connectivity index (χ4v) is 10.2. The van der Waals surface area contributed by atoms with Gasteiger partial charge >= 0.3 is 17.9 Å². The molecule has 12 rings (SSSR count). The second-order valence-electron chi connectivity index (χ2n) is 17.1. The van der Waals surface area contributed by atoms with E-state index in [1.807, 2.05) is 54.6 Å². The quantitative estimate of drug-likeness (QED) is 0.105. The van der Waals surface area contributed by atoms with Crippen LogP contribution in [0.4, 0.5) is 17.1 Å². The smallest absolute Gasteiger partial charge is 0.337 e. The number of ether oxygens (including phenoxy) is 3. The van der Waals surface area contributed by atoms with Gasteiger partial charge in [-0.25, -0.2) is 14.4 Å². The molecule has 0 spiro atoms. The molecule has 9 aromatic carbocycles. The van der Waals surface area contributed by atoms with Crippen molar-refractivity contribution in [3.05, 3.63) is 217 Å². The summed E-state index contributed by atoms with van der Waals surface area (Å²) in [6.45, 7) is 0. The van der Waals surface area contributed by atoms with Crippen LogP contribution >= 0.6 is 0 Å². The number of anilines is 3. The van der Waals surface area contributed by atoms with Gasteiger partial charge in [0.1, 0.15) is 0 Å². The predicted molar refractivity (Wildman–Crippen MR) is 278 cm³/mol. The Morgan fingerprint density at radius 2 is 0.571 bits per heavy atom. The van der Waals surface area contributed by atoms with Crippen LogP contribution in [-0.2, 0) is 14.2 Å². The van der Waals surface area contributed by atoms with Crippen LogP contribution in [-0.4, -0.2) is 52.9 Å². The minimum Gasteiger partial charge on any atom is -0.465 e. The summed E-state index contributed by atoms with van der Waals surface area (Å²) in [6.07, 6.45) is 0. The van der Waals surface area contributed by atoms with E-state index in [1.165, 1.54) is 21.3 Å². The van der Waals surface area contributed by atoms with Crippen molar-refractivity contribution < 1.29 is 28.6 Å². The molecule has 338 valence electrons. The minimum absolute atomic E-state index is 0.382. The van der Waals surface area contributed by atoms with E-state index in [0.717, 1.165) is 99.5 Å². The number of hydrogen-bond acceptors (Lipinski definition) is 7. The van der Waals surface area contributed by atoms with E-state index in [2.05, 4.69) is 128 Å². The second kappa shape index (κ2) is 16.7. The molecule has 12 aromatic rings. The number of carbonyl (C=O) groups is 3. The number of fused-ring (bicyclic) bond motifs is 9. The molecule has 0 aliphatic rings. The maximum Gasteiger partial charge on any atom is 0.337 e. The Kier molecular flexibility index (Phi) is 10.0. The molecule has 0 saturated carbocycles. The normalized spacial score (nSPS) is 11.5. The summed E-state index contributed by atoms with van der Waals surface area (Å²) in [5.41, 5.74) is 13.3. The first kappa shape index (κ1) is 42.0. The van der Waals surface area contributed by atoms with Crippen molar-refractivity contribution in [2.75, 3.05) is 26.2 Å². The number of aromatic nitrogens is 3. The van der Waals surface area contributed by atoms with Crippen molar-refractivity contribution >= 4 is 100 Å². The number of rotatable bonds is 9. The summed E-state index contributed by atoms with van der Waals surface area (Å²) < 4.78 is 21.7. The van der Waals surface area contributed by atoms with Crippen molar-refractivity contribution in [2.45, 2.75) is 0 Å². The number of carbonyl (C=O) groups excluding carboxylic acids is 3. The van der Waals surface area contributed by atoms with Crippen LogP contribution in [0.25, 0.3) is 82.5 Å². The zero-order valence-corrected chi connectivity index (χ0v) is 38.3. The van der Waals surface area contributed by atoms with Gasteiger partial charge in [0.25, 0.3) is 0 Å². The molecule has 0 radical (unpaired) electrons. The molecule has 0 N–H and O–H groups in total. The molecule has 0 unspecified atom stereocenters. The van der Waals surface area contributed by atoms with E-state index in [-0.39, 0.29) is 17.9 Å². The number of methoxy groups -OCH3 is 3. The van der Waals surface area contributed by atoms with E-state index in [0.29, 0.717) is 16.7 Å². The maximum absolute atomic E-state index is 12.4. The Morgan fingerprint density at radius 1 is 0.314 bits per heavy atom. The Morgan fingerprint density at radius 3 is 0.843 bits per heavy atom. The van der Waals surface area contributed by atoms with Gasteiger partial charge in [-0.05, 0) is 146 Å². The van der Waals surface area contributed by atoms with E-state index < -0.39 is 0 Å². The van der Waals surface area contributed by atoms with Crippen LogP contribution in [0.3, 0.4) is 0 Å². The van der Waals surface area contributed by atoms with Gasteiger partial charge in [-0.1, -0.05) is 54.6 Å². The third kappa shape index (κ3) is 6.68. The third-order valence-corrected chi connectivity index (χ3v) is 13.4. The lowest BCUT2D eigenvalue weighted by molar-refractivity contribution is 0.0592. The number of esters is 3. The molecular weight excluding hydrogens is 873 g/mol. The molecule has 70 heavy (non-hydrogen) atoms. The molecule has 0 aliphatic carbocycles. The van der Waals surface area contributed by atoms with Gasteiger partial charge in [-0.15, -0.1) is 0 Å². The first-order valence-corrected chi connectivity index (χ1v) is 22.8. The van der Waals surface area contributed by atoms with Crippen LogP contribution in [0.1, 0.15) is 31.1 Å². The van der Waals surface area contributed by atoms with Crippen LogP contribution < -0.4 is 4.90 Å². The molecule has 3 heterocycles. The Labute approximate surface area is 401 Å². The molecule has 0 atom stereocenters. The average molecular weight is 915 g/mol. The summed E-state index contributed by atoms with van der Waals surface area (Å²) >= 11 is 0. The Hall–Kier alpha value is -9.41. The average Bonchev–Trinajstić information content (AvgIpc) is 4.05. The van der Waals surface area contributed by atoms with Gasteiger partial charge in [-0.3, -0.25) is 0 Å². The summed E-state index contributed by atoms with van der Waals surface area (Å²) in [5, 5.41) is 6.46. The van der Waals surface area contributed by atoms with Gasteiger partial charge < -0.3 is 32.8 Å². The largest absolute Gasteiger partial charge is 0.465 e. The first-order chi connectivity index (χ1) is 34.3. The highest BCUT2D eigenvalue weighted by molar-refractivity contribution is 6.14. The van der Waals surface area contributed by atoms with E-state index in [9.17, 15) is 14.4 Å².